The Morgan fingerprint density at radius 2 is 0.771 bits per heavy atom. The summed E-state index contributed by atoms with van der Waals surface area (Å²) in [6.07, 6.45) is 62.8. The van der Waals surface area contributed by atoms with E-state index in [1.165, 1.54) is 89.9 Å². The Morgan fingerprint density at radius 1 is 0.422 bits per heavy atom. The standard InChI is InChI=1S/C71H132N4O6S2/c1-5-9-13-17-21-23-25-27-29-31-33-35-39-43-49-67(76)63-74(64-68(77)50-44-40-36-34-32-30-28-26-24-22-18-14-10-6-2)52-45-51-71(80)81-60-58-72-54-56-73(57-55-72)59-62-83-82-61-46-53-75(65-69(78)47-41-37-19-15-11-7-3)66-70(79)48-42-38-20-16-12-8-4/h9-10,13-14,21-24,27-30,67-70,76-79H,5-8,11-12,15-20,25-26,31-66H2,1-4H3/b13-9-,14-10-,23-21-,24-22-,29-27-,30-28-. The third kappa shape index (κ3) is 55.4. The molecule has 0 amide bonds. The van der Waals surface area contributed by atoms with E-state index in [4.69, 9.17) is 4.74 Å². The summed E-state index contributed by atoms with van der Waals surface area (Å²) in [4.78, 5) is 22.4. The number of piperazine rings is 1. The zero-order chi connectivity index (χ0) is 60.2. The monoisotopic (exact) mass is 1200 g/mol. The van der Waals surface area contributed by atoms with Crippen LogP contribution in [0, 0.1) is 0 Å². The van der Waals surface area contributed by atoms with E-state index in [1.54, 1.807) is 0 Å². The number of ether oxygens (including phenoxy) is 1. The lowest BCUT2D eigenvalue weighted by Gasteiger charge is -2.34. The van der Waals surface area contributed by atoms with Crippen molar-refractivity contribution in [2.24, 2.45) is 0 Å². The minimum atomic E-state index is -0.447. The van der Waals surface area contributed by atoms with Crippen LogP contribution in [-0.4, -0.2) is 167 Å². The van der Waals surface area contributed by atoms with Gasteiger partial charge in [-0.15, -0.1) is 0 Å². The van der Waals surface area contributed by atoms with Gasteiger partial charge in [-0.05, 0) is 116 Å². The van der Waals surface area contributed by atoms with Crippen LogP contribution in [0.5, 0.6) is 0 Å². The van der Waals surface area contributed by atoms with Crippen LogP contribution in [0.25, 0.3) is 0 Å². The first-order chi connectivity index (χ1) is 40.7. The molecule has 1 rings (SSSR count). The quantitative estimate of drug-likeness (QED) is 0.0201. The molecule has 4 atom stereocenters. The number of aliphatic hydroxyl groups excluding tert-OH is 4. The molecule has 0 radical (unpaired) electrons. The van der Waals surface area contributed by atoms with Crippen LogP contribution in [0.1, 0.15) is 252 Å². The molecule has 0 aromatic heterocycles. The number of allylic oxidation sites excluding steroid dienone is 12. The highest BCUT2D eigenvalue weighted by atomic mass is 33.1. The lowest BCUT2D eigenvalue weighted by Crippen LogP contribution is -2.47. The zero-order valence-corrected chi connectivity index (χ0v) is 55.9. The minimum Gasteiger partial charge on any atom is -0.464 e. The fourth-order valence-corrected chi connectivity index (χ4v) is 12.8. The number of rotatable bonds is 61. The molecule has 10 nitrogen and oxygen atoms in total. The van der Waals surface area contributed by atoms with E-state index < -0.39 is 12.2 Å². The summed E-state index contributed by atoms with van der Waals surface area (Å²) >= 11 is 0. The van der Waals surface area contributed by atoms with E-state index in [0.717, 1.165) is 179 Å². The lowest BCUT2D eigenvalue weighted by molar-refractivity contribution is -0.144. The predicted octanol–water partition coefficient (Wildman–Crippen LogP) is 16.6. The van der Waals surface area contributed by atoms with E-state index in [9.17, 15) is 25.2 Å². The molecule has 1 saturated heterocycles. The first kappa shape index (κ1) is 79.3. The zero-order valence-electron chi connectivity index (χ0n) is 54.3. The average molecular weight is 1200 g/mol. The molecule has 4 unspecified atom stereocenters. The normalized spacial score (nSPS) is 15.6. The van der Waals surface area contributed by atoms with Crippen molar-refractivity contribution >= 4 is 27.6 Å². The molecular weight excluding hydrogens is 1070 g/mol. The lowest BCUT2D eigenvalue weighted by atomic mass is 10.1. The van der Waals surface area contributed by atoms with E-state index in [2.05, 4.69) is 120 Å². The van der Waals surface area contributed by atoms with Gasteiger partial charge < -0.3 is 25.2 Å². The number of carbonyl (C=O) groups is 1. The van der Waals surface area contributed by atoms with Gasteiger partial charge in [0.15, 0.2) is 0 Å². The van der Waals surface area contributed by atoms with Crippen molar-refractivity contribution in [1.82, 2.24) is 19.6 Å². The Balaban J connectivity index is 2.43. The maximum Gasteiger partial charge on any atom is 0.305 e. The van der Waals surface area contributed by atoms with Gasteiger partial charge in [0.05, 0.1) is 24.4 Å². The van der Waals surface area contributed by atoms with Gasteiger partial charge >= 0.3 is 5.97 Å². The third-order valence-corrected chi connectivity index (χ3v) is 18.3. The van der Waals surface area contributed by atoms with E-state index in [-0.39, 0.29) is 18.2 Å². The molecule has 0 aliphatic carbocycles. The smallest absolute Gasteiger partial charge is 0.305 e. The van der Waals surface area contributed by atoms with Crippen LogP contribution in [0.2, 0.25) is 0 Å². The number of esters is 1. The largest absolute Gasteiger partial charge is 0.464 e. The Hall–Kier alpha value is -1.71. The van der Waals surface area contributed by atoms with Crippen molar-refractivity contribution < 1.29 is 30.0 Å². The number of carbonyl (C=O) groups excluding carboxylic acids is 1. The molecule has 1 aliphatic rings. The summed E-state index contributed by atoms with van der Waals surface area (Å²) in [5.74, 6) is 2.01. The summed E-state index contributed by atoms with van der Waals surface area (Å²) in [6, 6.07) is 0. The summed E-state index contributed by atoms with van der Waals surface area (Å²) in [7, 11) is 3.92. The van der Waals surface area contributed by atoms with Crippen LogP contribution < -0.4 is 0 Å². The second-order valence-electron chi connectivity index (χ2n) is 23.8. The van der Waals surface area contributed by atoms with Crippen LogP contribution >= 0.6 is 21.6 Å². The van der Waals surface area contributed by atoms with Crippen molar-refractivity contribution in [2.45, 2.75) is 277 Å². The number of nitrogens with zero attached hydrogens (tertiary/aromatic N) is 4. The average Bonchev–Trinajstić information content (AvgIpc) is 3.49. The van der Waals surface area contributed by atoms with Crippen LogP contribution in [0.3, 0.4) is 0 Å². The van der Waals surface area contributed by atoms with Gasteiger partial charge in [-0.2, -0.15) is 0 Å². The van der Waals surface area contributed by atoms with Gasteiger partial charge in [-0.1, -0.05) is 238 Å². The highest BCUT2D eigenvalue weighted by molar-refractivity contribution is 8.76. The van der Waals surface area contributed by atoms with Crippen molar-refractivity contribution in [3.8, 4) is 0 Å². The van der Waals surface area contributed by atoms with Gasteiger partial charge in [-0.3, -0.25) is 24.4 Å². The Bertz CT molecular complexity index is 1490. The van der Waals surface area contributed by atoms with Crippen LogP contribution in [-0.2, 0) is 9.53 Å². The van der Waals surface area contributed by atoms with Crippen LogP contribution in [0.4, 0.5) is 0 Å². The van der Waals surface area contributed by atoms with Crippen molar-refractivity contribution in [2.75, 3.05) is 96.6 Å². The number of hydrogen-bond donors (Lipinski definition) is 4. The maximum absolute atomic E-state index is 12.9. The molecule has 0 aromatic carbocycles. The number of hydrogen-bond acceptors (Lipinski definition) is 12. The Morgan fingerprint density at radius 3 is 1.19 bits per heavy atom. The molecule has 4 N–H and O–H groups in total. The molecular formula is C71H132N4O6S2. The fraction of sp³-hybridized carbons (Fsp3) is 0.817. The molecule has 1 fully saturated rings. The van der Waals surface area contributed by atoms with Crippen molar-refractivity contribution in [1.29, 1.82) is 0 Å². The molecule has 1 heterocycles. The summed E-state index contributed by atoms with van der Waals surface area (Å²) in [6.45, 7) is 19.1. The van der Waals surface area contributed by atoms with E-state index in [0.29, 0.717) is 52.2 Å². The van der Waals surface area contributed by atoms with Crippen molar-refractivity contribution in [3.05, 3.63) is 72.9 Å². The predicted molar refractivity (Wildman–Crippen MR) is 365 cm³/mol. The molecule has 0 spiro atoms. The van der Waals surface area contributed by atoms with E-state index >= 15 is 0 Å². The Labute approximate surface area is 520 Å². The summed E-state index contributed by atoms with van der Waals surface area (Å²) in [5, 5.41) is 44.1. The SMILES string of the molecule is CC/C=C\C/C=C\C/C=C\CCCCCCC(O)CN(CCCC(=O)OCCN1CCN(CCSSCCCN(CC(O)CCCCCCCC)CC(O)CCCCCCCC)CC1)CC(O)CCCCCC/C=C\C/C=C\C/C=C\CC. The molecule has 12 heteroatoms. The van der Waals surface area contributed by atoms with Gasteiger partial charge in [-0.25, -0.2) is 0 Å². The highest BCUT2D eigenvalue weighted by Gasteiger charge is 2.20. The Kier molecular flexibility index (Phi) is 59.2. The topological polar surface area (TPSA) is 120 Å². The summed E-state index contributed by atoms with van der Waals surface area (Å²) in [5.41, 5.74) is 0. The molecule has 484 valence electrons. The number of unbranched alkanes of at least 4 members (excludes halogenated alkanes) is 18. The third-order valence-electron chi connectivity index (χ3n) is 15.8. The molecule has 0 aromatic rings. The molecule has 0 bridgehead atoms. The van der Waals surface area contributed by atoms with Gasteiger partial charge in [0.25, 0.3) is 0 Å². The number of aliphatic hydroxyl groups is 4. The molecule has 83 heavy (non-hydrogen) atoms. The minimum absolute atomic E-state index is 0.161. The van der Waals surface area contributed by atoms with Crippen molar-refractivity contribution in [3.63, 3.8) is 0 Å². The first-order valence-corrected chi connectivity index (χ1v) is 37.1. The van der Waals surface area contributed by atoms with Gasteiger partial charge in [0.1, 0.15) is 6.61 Å². The van der Waals surface area contributed by atoms with Gasteiger partial charge in [0, 0.05) is 83.4 Å². The van der Waals surface area contributed by atoms with Gasteiger partial charge in [0.2, 0.25) is 0 Å². The van der Waals surface area contributed by atoms with E-state index in [1.807, 2.05) is 21.6 Å². The second kappa shape index (κ2) is 61.9. The fourth-order valence-electron chi connectivity index (χ4n) is 10.7. The molecule has 0 saturated carbocycles. The first-order valence-electron chi connectivity index (χ1n) is 34.6. The molecule has 1 aliphatic heterocycles. The maximum atomic E-state index is 12.9. The second-order valence-corrected chi connectivity index (χ2v) is 26.5. The summed E-state index contributed by atoms with van der Waals surface area (Å²) < 4.78 is 5.74. The van der Waals surface area contributed by atoms with Crippen LogP contribution in [0.15, 0.2) is 72.9 Å². The highest BCUT2D eigenvalue weighted by Crippen LogP contribution is 2.23.